The lowest BCUT2D eigenvalue weighted by molar-refractivity contribution is -0.136. The number of benzene rings is 2. The molecular formula is C18H21NO6S. The molecular weight excluding hydrogens is 358 g/mol. The fourth-order valence-electron chi connectivity index (χ4n) is 2.40. The summed E-state index contributed by atoms with van der Waals surface area (Å²) in [4.78, 5) is 11.1. The van der Waals surface area contributed by atoms with E-state index >= 15 is 0 Å². The summed E-state index contributed by atoms with van der Waals surface area (Å²) in [5.74, 6) is -0.330. The lowest BCUT2D eigenvalue weighted by atomic mass is 10.2. The Kier molecular flexibility index (Phi) is 6.10. The standard InChI is InChI=1S/C18H21NO6S/c1-13-4-7-15(8-5-13)26(22,23)19(11-10-18(20)21)16-9-6-14(24-2)12-17(16)25-3/h4-9,12H,10-11H2,1-3H3,(H,20,21). The van der Waals surface area contributed by atoms with E-state index in [1.807, 2.05) is 6.92 Å². The van der Waals surface area contributed by atoms with Crippen LogP contribution in [0.15, 0.2) is 47.4 Å². The molecule has 1 N–H and O–H groups in total. The van der Waals surface area contributed by atoms with Gasteiger partial charge in [0.2, 0.25) is 0 Å². The van der Waals surface area contributed by atoms with Crippen LogP contribution in [0.1, 0.15) is 12.0 Å². The molecule has 0 radical (unpaired) electrons. The molecule has 2 rings (SSSR count). The average Bonchev–Trinajstić information content (AvgIpc) is 2.61. The third-order valence-electron chi connectivity index (χ3n) is 3.79. The Morgan fingerprint density at radius 2 is 1.73 bits per heavy atom. The van der Waals surface area contributed by atoms with Gasteiger partial charge in [0, 0.05) is 12.6 Å². The summed E-state index contributed by atoms with van der Waals surface area (Å²) in [5.41, 5.74) is 1.16. The zero-order valence-electron chi connectivity index (χ0n) is 14.8. The van der Waals surface area contributed by atoms with Gasteiger partial charge in [-0.15, -0.1) is 0 Å². The minimum Gasteiger partial charge on any atom is -0.497 e. The van der Waals surface area contributed by atoms with Crippen LogP contribution in [0.5, 0.6) is 11.5 Å². The van der Waals surface area contributed by atoms with Gasteiger partial charge in [0.05, 0.1) is 31.2 Å². The number of carbonyl (C=O) groups is 1. The molecule has 8 heteroatoms. The van der Waals surface area contributed by atoms with Gasteiger partial charge >= 0.3 is 5.97 Å². The van der Waals surface area contributed by atoms with Crippen LogP contribution in [0.2, 0.25) is 0 Å². The molecule has 2 aromatic carbocycles. The second-order valence-electron chi connectivity index (χ2n) is 5.57. The Labute approximate surface area is 152 Å². The van der Waals surface area contributed by atoms with Gasteiger partial charge in [-0.1, -0.05) is 17.7 Å². The number of nitrogens with zero attached hydrogens (tertiary/aromatic N) is 1. The van der Waals surface area contributed by atoms with Gasteiger partial charge in [-0.05, 0) is 31.2 Å². The van der Waals surface area contributed by atoms with Crippen molar-refractivity contribution in [2.24, 2.45) is 0 Å². The minimum absolute atomic E-state index is 0.0753. The monoisotopic (exact) mass is 379 g/mol. The van der Waals surface area contributed by atoms with Crippen molar-refractivity contribution in [2.45, 2.75) is 18.2 Å². The van der Waals surface area contributed by atoms with Crippen LogP contribution in [0, 0.1) is 6.92 Å². The first-order valence-electron chi connectivity index (χ1n) is 7.83. The minimum atomic E-state index is -3.97. The van der Waals surface area contributed by atoms with E-state index in [0.29, 0.717) is 5.75 Å². The van der Waals surface area contributed by atoms with Gasteiger partial charge < -0.3 is 14.6 Å². The largest absolute Gasteiger partial charge is 0.497 e. The van der Waals surface area contributed by atoms with Crippen molar-refractivity contribution in [1.29, 1.82) is 0 Å². The van der Waals surface area contributed by atoms with E-state index in [1.54, 1.807) is 24.3 Å². The van der Waals surface area contributed by atoms with E-state index < -0.39 is 16.0 Å². The molecule has 26 heavy (non-hydrogen) atoms. The molecule has 0 amide bonds. The maximum Gasteiger partial charge on any atom is 0.305 e. The molecule has 0 aromatic heterocycles. The van der Waals surface area contributed by atoms with Gasteiger partial charge in [0.15, 0.2) is 0 Å². The smallest absolute Gasteiger partial charge is 0.305 e. The summed E-state index contributed by atoms with van der Waals surface area (Å²) in [6.45, 7) is 1.62. The summed E-state index contributed by atoms with van der Waals surface area (Å²) in [6, 6.07) is 11.0. The molecule has 0 saturated carbocycles. The van der Waals surface area contributed by atoms with Crippen molar-refractivity contribution in [3.8, 4) is 11.5 Å². The van der Waals surface area contributed by atoms with E-state index in [4.69, 9.17) is 14.6 Å². The highest BCUT2D eigenvalue weighted by Crippen LogP contribution is 2.35. The van der Waals surface area contributed by atoms with Crippen molar-refractivity contribution < 1.29 is 27.8 Å². The fourth-order valence-corrected chi connectivity index (χ4v) is 3.87. The van der Waals surface area contributed by atoms with Crippen molar-refractivity contribution in [3.05, 3.63) is 48.0 Å². The van der Waals surface area contributed by atoms with Crippen LogP contribution < -0.4 is 13.8 Å². The molecule has 0 atom stereocenters. The average molecular weight is 379 g/mol. The van der Waals surface area contributed by atoms with E-state index in [1.165, 1.54) is 32.4 Å². The van der Waals surface area contributed by atoms with Crippen LogP contribution in [-0.2, 0) is 14.8 Å². The van der Waals surface area contributed by atoms with Crippen molar-refractivity contribution >= 4 is 21.7 Å². The molecule has 140 valence electrons. The molecule has 2 aromatic rings. The number of sulfonamides is 1. The predicted octanol–water partition coefficient (Wildman–Crippen LogP) is 2.68. The number of anilines is 1. The van der Waals surface area contributed by atoms with Crippen LogP contribution in [0.3, 0.4) is 0 Å². The Morgan fingerprint density at radius 1 is 1.08 bits per heavy atom. The number of carboxylic acids is 1. The second-order valence-corrected chi connectivity index (χ2v) is 7.43. The summed E-state index contributed by atoms with van der Waals surface area (Å²) in [7, 11) is -1.07. The van der Waals surface area contributed by atoms with Gasteiger partial charge in [0.1, 0.15) is 11.5 Å². The first-order chi connectivity index (χ1) is 12.3. The highest BCUT2D eigenvalue weighted by Gasteiger charge is 2.28. The summed E-state index contributed by atoms with van der Waals surface area (Å²) < 4.78 is 37.7. The number of ether oxygens (including phenoxy) is 2. The van der Waals surface area contributed by atoms with Gasteiger partial charge in [-0.2, -0.15) is 0 Å². The van der Waals surface area contributed by atoms with Crippen molar-refractivity contribution in [3.63, 3.8) is 0 Å². The molecule has 0 heterocycles. The number of methoxy groups -OCH3 is 2. The Balaban J connectivity index is 2.56. The first-order valence-corrected chi connectivity index (χ1v) is 9.27. The Morgan fingerprint density at radius 3 is 2.27 bits per heavy atom. The molecule has 0 fully saturated rings. The van der Waals surface area contributed by atoms with Crippen molar-refractivity contribution in [1.82, 2.24) is 0 Å². The number of hydrogen-bond acceptors (Lipinski definition) is 5. The number of carboxylic acid groups (broad SMARTS) is 1. The summed E-state index contributed by atoms with van der Waals surface area (Å²) in [6.07, 6.45) is -0.347. The maximum absolute atomic E-state index is 13.1. The van der Waals surface area contributed by atoms with E-state index in [-0.39, 0.29) is 29.3 Å². The van der Waals surface area contributed by atoms with Crippen LogP contribution in [0.25, 0.3) is 0 Å². The molecule has 7 nitrogen and oxygen atoms in total. The first kappa shape index (κ1) is 19.6. The number of hydrogen-bond donors (Lipinski definition) is 1. The molecule has 0 aliphatic carbocycles. The fraction of sp³-hybridized carbons (Fsp3) is 0.278. The lowest BCUT2D eigenvalue weighted by Gasteiger charge is -2.26. The lowest BCUT2D eigenvalue weighted by Crippen LogP contribution is -2.33. The van der Waals surface area contributed by atoms with Gasteiger partial charge in [-0.25, -0.2) is 8.42 Å². The third-order valence-corrected chi connectivity index (χ3v) is 5.62. The highest BCUT2D eigenvalue weighted by atomic mass is 32.2. The number of rotatable bonds is 8. The Hall–Kier alpha value is -2.74. The van der Waals surface area contributed by atoms with Crippen molar-refractivity contribution in [2.75, 3.05) is 25.1 Å². The van der Waals surface area contributed by atoms with E-state index in [2.05, 4.69) is 0 Å². The number of aryl methyl sites for hydroxylation is 1. The zero-order valence-corrected chi connectivity index (χ0v) is 15.6. The van der Waals surface area contributed by atoms with Gasteiger partial charge in [0.25, 0.3) is 10.0 Å². The quantitative estimate of drug-likeness (QED) is 0.758. The van der Waals surface area contributed by atoms with Gasteiger partial charge in [-0.3, -0.25) is 9.10 Å². The normalized spacial score (nSPS) is 11.0. The predicted molar refractivity (Wildman–Crippen MR) is 97.5 cm³/mol. The SMILES string of the molecule is COc1ccc(N(CCC(=O)O)S(=O)(=O)c2ccc(C)cc2)c(OC)c1. The van der Waals surface area contributed by atoms with E-state index in [0.717, 1.165) is 9.87 Å². The summed E-state index contributed by atoms with van der Waals surface area (Å²) >= 11 is 0. The van der Waals surface area contributed by atoms with Crippen LogP contribution in [0.4, 0.5) is 5.69 Å². The van der Waals surface area contributed by atoms with Crippen LogP contribution >= 0.6 is 0 Å². The Bertz CT molecular complexity index is 877. The topological polar surface area (TPSA) is 93.1 Å². The third kappa shape index (κ3) is 4.26. The van der Waals surface area contributed by atoms with Crippen LogP contribution in [-0.4, -0.2) is 40.3 Å². The molecule has 0 spiro atoms. The maximum atomic E-state index is 13.1. The number of aliphatic carboxylic acids is 1. The molecule has 0 bridgehead atoms. The molecule has 0 saturated heterocycles. The molecule has 0 aliphatic rings. The second kappa shape index (κ2) is 8.09. The molecule has 0 unspecified atom stereocenters. The molecule has 0 aliphatic heterocycles. The zero-order chi connectivity index (χ0) is 19.3. The van der Waals surface area contributed by atoms with E-state index in [9.17, 15) is 13.2 Å². The summed E-state index contributed by atoms with van der Waals surface area (Å²) in [5, 5.41) is 9.02. The highest BCUT2D eigenvalue weighted by molar-refractivity contribution is 7.92.